The number of carbonyl (C=O) groups excluding carboxylic acids is 1. The van der Waals surface area contributed by atoms with Crippen LogP contribution in [-0.2, 0) is 4.74 Å². The van der Waals surface area contributed by atoms with Crippen LogP contribution < -0.4 is 5.43 Å². The highest BCUT2D eigenvalue weighted by atomic mass is 35.5. The molecule has 2 fully saturated rings. The SMILES string of the molecule is Cc1c(-c2ccccc2)oc2c(C(=O)OC3CCCCC3CN3CCCCC3)cccc2c1=O.Cl. The van der Waals surface area contributed by atoms with Gasteiger partial charge in [-0.2, -0.15) is 0 Å². The molecule has 0 spiro atoms. The van der Waals surface area contributed by atoms with Crippen LogP contribution in [0.4, 0.5) is 0 Å². The first kappa shape index (κ1) is 25.5. The fourth-order valence-corrected chi connectivity index (χ4v) is 5.55. The van der Waals surface area contributed by atoms with E-state index in [-0.39, 0.29) is 23.9 Å². The fourth-order valence-electron chi connectivity index (χ4n) is 5.55. The van der Waals surface area contributed by atoms with Gasteiger partial charge in [-0.25, -0.2) is 4.79 Å². The molecule has 0 N–H and O–H groups in total. The molecule has 2 aromatic carbocycles. The Balaban J connectivity index is 0.00000289. The molecule has 0 bridgehead atoms. The molecule has 1 saturated carbocycles. The van der Waals surface area contributed by atoms with Crippen LogP contribution in [0.5, 0.6) is 0 Å². The van der Waals surface area contributed by atoms with Crippen LogP contribution in [0.1, 0.15) is 60.9 Å². The van der Waals surface area contributed by atoms with Gasteiger partial charge in [0.1, 0.15) is 17.4 Å². The first-order chi connectivity index (χ1) is 16.6. The fraction of sp³-hybridized carbons (Fsp3) is 0.448. The van der Waals surface area contributed by atoms with E-state index in [2.05, 4.69) is 4.90 Å². The lowest BCUT2D eigenvalue weighted by atomic mass is 9.85. The smallest absolute Gasteiger partial charge is 0.342 e. The Morgan fingerprint density at radius 3 is 2.49 bits per heavy atom. The minimum Gasteiger partial charge on any atom is -0.458 e. The lowest BCUT2D eigenvalue weighted by Gasteiger charge is -2.36. The summed E-state index contributed by atoms with van der Waals surface area (Å²) >= 11 is 0. The predicted octanol–water partition coefficient (Wildman–Crippen LogP) is 6.39. The lowest BCUT2D eigenvalue weighted by molar-refractivity contribution is -0.00719. The molecule has 5 rings (SSSR count). The zero-order chi connectivity index (χ0) is 23.5. The van der Waals surface area contributed by atoms with Crippen LogP contribution in [-0.4, -0.2) is 36.6 Å². The summed E-state index contributed by atoms with van der Waals surface area (Å²) in [6.07, 6.45) is 8.00. The number of carbonyl (C=O) groups is 1. The molecule has 1 aromatic heterocycles. The van der Waals surface area contributed by atoms with Crippen molar-refractivity contribution in [2.45, 2.75) is 58.0 Å². The van der Waals surface area contributed by atoms with Crippen molar-refractivity contribution in [2.75, 3.05) is 19.6 Å². The van der Waals surface area contributed by atoms with E-state index in [1.165, 1.54) is 25.7 Å². The van der Waals surface area contributed by atoms with Crippen molar-refractivity contribution < 1.29 is 13.9 Å². The number of rotatable bonds is 5. The van der Waals surface area contributed by atoms with Crippen LogP contribution in [0.2, 0.25) is 0 Å². The number of likely N-dealkylation sites (tertiary alicyclic amines) is 1. The van der Waals surface area contributed by atoms with Crippen LogP contribution in [0.15, 0.2) is 57.7 Å². The molecule has 2 unspecified atom stereocenters. The summed E-state index contributed by atoms with van der Waals surface area (Å²) in [6, 6.07) is 14.7. The number of nitrogens with zero attached hydrogens (tertiary/aromatic N) is 1. The molecular weight excluding hydrogens is 462 g/mol. The quantitative estimate of drug-likeness (QED) is 0.384. The van der Waals surface area contributed by atoms with E-state index in [9.17, 15) is 9.59 Å². The second-order valence-electron chi connectivity index (χ2n) is 9.78. The van der Waals surface area contributed by atoms with E-state index in [1.807, 2.05) is 30.3 Å². The summed E-state index contributed by atoms with van der Waals surface area (Å²) in [5, 5.41) is 0.417. The molecule has 1 aliphatic carbocycles. The van der Waals surface area contributed by atoms with Gasteiger partial charge in [0.2, 0.25) is 0 Å². The molecule has 1 aliphatic heterocycles. The molecule has 6 heteroatoms. The van der Waals surface area contributed by atoms with Gasteiger partial charge in [0, 0.05) is 23.6 Å². The number of fused-ring (bicyclic) bond motifs is 1. The average Bonchev–Trinajstić information content (AvgIpc) is 2.88. The van der Waals surface area contributed by atoms with E-state index in [4.69, 9.17) is 9.15 Å². The molecule has 0 amide bonds. The monoisotopic (exact) mass is 495 g/mol. The number of piperidine rings is 1. The maximum Gasteiger partial charge on any atom is 0.342 e. The summed E-state index contributed by atoms with van der Waals surface area (Å²) in [4.78, 5) is 29.1. The number of benzene rings is 2. The van der Waals surface area contributed by atoms with Gasteiger partial charge in [-0.15, -0.1) is 12.4 Å². The average molecular weight is 496 g/mol. The molecule has 2 heterocycles. The van der Waals surface area contributed by atoms with Crippen molar-refractivity contribution in [3.63, 3.8) is 0 Å². The molecule has 1 saturated heterocycles. The Morgan fingerprint density at radius 1 is 0.971 bits per heavy atom. The molecule has 186 valence electrons. The van der Waals surface area contributed by atoms with Crippen molar-refractivity contribution in [3.8, 4) is 11.3 Å². The molecule has 2 aliphatic rings. The predicted molar refractivity (Wildman–Crippen MR) is 141 cm³/mol. The number of ether oxygens (including phenoxy) is 1. The van der Waals surface area contributed by atoms with Crippen molar-refractivity contribution in [1.82, 2.24) is 4.90 Å². The van der Waals surface area contributed by atoms with Gasteiger partial charge in [0.15, 0.2) is 11.0 Å². The van der Waals surface area contributed by atoms with Crippen LogP contribution in [0, 0.1) is 12.8 Å². The van der Waals surface area contributed by atoms with E-state index < -0.39 is 5.97 Å². The summed E-state index contributed by atoms with van der Waals surface area (Å²) < 4.78 is 12.4. The highest BCUT2D eigenvalue weighted by Gasteiger charge is 2.31. The van der Waals surface area contributed by atoms with Crippen LogP contribution >= 0.6 is 12.4 Å². The zero-order valence-electron chi connectivity index (χ0n) is 20.3. The molecule has 3 aromatic rings. The maximum absolute atomic E-state index is 13.4. The number of halogens is 1. The third kappa shape index (κ3) is 5.46. The topological polar surface area (TPSA) is 59.8 Å². The van der Waals surface area contributed by atoms with Gasteiger partial charge in [-0.3, -0.25) is 4.79 Å². The third-order valence-corrected chi connectivity index (χ3v) is 7.44. The minimum atomic E-state index is -0.396. The van der Waals surface area contributed by atoms with Crippen LogP contribution in [0.3, 0.4) is 0 Å². The standard InChI is InChI=1S/C29H33NO4.ClH/c1-20-26(31)23-14-10-15-24(28(23)34-27(20)21-11-4-2-5-12-21)29(32)33-25-16-7-6-13-22(25)19-30-17-8-3-9-18-30;/h2,4-5,10-12,14-15,22,25H,3,6-9,13,16-19H2,1H3;1H. The number of para-hydroxylation sites is 1. The molecule has 0 radical (unpaired) electrons. The van der Waals surface area contributed by atoms with E-state index in [0.717, 1.165) is 44.5 Å². The minimum absolute atomic E-state index is 0. The van der Waals surface area contributed by atoms with Gasteiger partial charge >= 0.3 is 5.97 Å². The first-order valence-corrected chi connectivity index (χ1v) is 12.7. The number of hydrogen-bond donors (Lipinski definition) is 0. The molecular formula is C29H34ClNO4. The van der Waals surface area contributed by atoms with Crippen molar-refractivity contribution >= 4 is 29.3 Å². The van der Waals surface area contributed by atoms with E-state index in [1.54, 1.807) is 25.1 Å². The van der Waals surface area contributed by atoms with Crippen molar-refractivity contribution in [3.05, 3.63) is 69.9 Å². The molecule has 5 nitrogen and oxygen atoms in total. The largest absolute Gasteiger partial charge is 0.458 e. The Kier molecular flexibility index (Phi) is 8.30. The Bertz CT molecular complexity index is 1220. The highest BCUT2D eigenvalue weighted by molar-refractivity contribution is 6.02. The summed E-state index contributed by atoms with van der Waals surface area (Å²) in [5.41, 5.74) is 1.88. The van der Waals surface area contributed by atoms with Crippen molar-refractivity contribution in [2.24, 2.45) is 5.92 Å². The Morgan fingerprint density at radius 2 is 1.71 bits per heavy atom. The van der Waals surface area contributed by atoms with Gasteiger partial charge in [-0.1, -0.05) is 49.2 Å². The summed E-state index contributed by atoms with van der Waals surface area (Å²) in [7, 11) is 0. The molecule has 2 atom stereocenters. The normalized spacial score (nSPS) is 20.8. The van der Waals surface area contributed by atoms with Gasteiger partial charge in [0.25, 0.3) is 0 Å². The second kappa shape index (κ2) is 11.4. The zero-order valence-corrected chi connectivity index (χ0v) is 21.1. The summed E-state index contributed by atoms with van der Waals surface area (Å²) in [5.74, 6) is 0.464. The molecule has 35 heavy (non-hydrogen) atoms. The van der Waals surface area contributed by atoms with E-state index in [0.29, 0.717) is 33.8 Å². The Labute approximate surface area is 212 Å². The number of esters is 1. The highest BCUT2D eigenvalue weighted by Crippen LogP contribution is 2.31. The Hall–Kier alpha value is -2.63. The summed E-state index contributed by atoms with van der Waals surface area (Å²) in [6.45, 7) is 5.06. The van der Waals surface area contributed by atoms with Crippen LogP contribution in [0.25, 0.3) is 22.3 Å². The third-order valence-electron chi connectivity index (χ3n) is 7.44. The van der Waals surface area contributed by atoms with Crippen molar-refractivity contribution in [1.29, 1.82) is 0 Å². The van der Waals surface area contributed by atoms with Gasteiger partial charge < -0.3 is 14.1 Å². The lowest BCUT2D eigenvalue weighted by Crippen LogP contribution is -2.41. The van der Waals surface area contributed by atoms with E-state index >= 15 is 0 Å². The second-order valence-corrected chi connectivity index (χ2v) is 9.78. The van der Waals surface area contributed by atoms with Gasteiger partial charge in [0.05, 0.1) is 5.39 Å². The first-order valence-electron chi connectivity index (χ1n) is 12.7. The van der Waals surface area contributed by atoms with Gasteiger partial charge in [-0.05, 0) is 64.3 Å². The maximum atomic E-state index is 13.4. The number of hydrogen-bond acceptors (Lipinski definition) is 5.